The number of aromatic nitrogens is 1. The van der Waals surface area contributed by atoms with Crippen LogP contribution in [0.2, 0.25) is 0 Å². The van der Waals surface area contributed by atoms with Gasteiger partial charge in [-0.2, -0.15) is 0 Å². The zero-order chi connectivity index (χ0) is 12.8. The van der Waals surface area contributed by atoms with Crippen molar-refractivity contribution in [3.05, 3.63) is 72.6 Å². The molecular formula is C15H15NO2. The van der Waals surface area contributed by atoms with E-state index >= 15 is 0 Å². The summed E-state index contributed by atoms with van der Waals surface area (Å²) in [6.45, 7) is 4.49. The Labute approximate surface area is 106 Å². The highest BCUT2D eigenvalue weighted by Gasteiger charge is 2.08. The van der Waals surface area contributed by atoms with Gasteiger partial charge in [0.1, 0.15) is 6.61 Å². The van der Waals surface area contributed by atoms with Crippen LogP contribution in [-0.2, 0) is 22.7 Å². The summed E-state index contributed by atoms with van der Waals surface area (Å²) in [4.78, 5) is 11.7. The second-order valence-corrected chi connectivity index (χ2v) is 4.02. The van der Waals surface area contributed by atoms with Crippen molar-refractivity contribution in [3.8, 4) is 0 Å². The molecule has 0 aliphatic carbocycles. The summed E-state index contributed by atoms with van der Waals surface area (Å²) < 4.78 is 7.07. The SMILES string of the molecule is C=C(Cn1cccc1)C(=O)OCc1ccccc1. The lowest BCUT2D eigenvalue weighted by atomic mass is 10.2. The molecule has 3 nitrogen and oxygen atoms in total. The van der Waals surface area contributed by atoms with Crippen molar-refractivity contribution >= 4 is 5.97 Å². The Hall–Kier alpha value is -2.29. The van der Waals surface area contributed by atoms with Crippen molar-refractivity contribution in [3.63, 3.8) is 0 Å². The van der Waals surface area contributed by atoms with Crippen LogP contribution < -0.4 is 0 Å². The van der Waals surface area contributed by atoms with Gasteiger partial charge in [0.15, 0.2) is 0 Å². The minimum atomic E-state index is -0.354. The van der Waals surface area contributed by atoms with Gasteiger partial charge in [0.2, 0.25) is 0 Å². The van der Waals surface area contributed by atoms with E-state index in [4.69, 9.17) is 4.74 Å². The lowest BCUT2D eigenvalue weighted by Crippen LogP contribution is -2.11. The highest BCUT2D eigenvalue weighted by atomic mass is 16.5. The first-order chi connectivity index (χ1) is 8.75. The quantitative estimate of drug-likeness (QED) is 0.595. The molecule has 0 fully saturated rings. The second kappa shape index (κ2) is 5.87. The molecule has 0 unspecified atom stereocenters. The molecule has 0 aliphatic heterocycles. The number of carbonyl (C=O) groups is 1. The third-order valence-electron chi connectivity index (χ3n) is 2.54. The number of ether oxygens (including phenoxy) is 1. The van der Waals surface area contributed by atoms with Crippen LogP contribution in [0.5, 0.6) is 0 Å². The van der Waals surface area contributed by atoms with E-state index in [0.29, 0.717) is 12.1 Å². The number of rotatable bonds is 5. The summed E-state index contributed by atoms with van der Waals surface area (Å²) in [5.74, 6) is -0.354. The van der Waals surface area contributed by atoms with E-state index in [-0.39, 0.29) is 12.6 Å². The molecule has 92 valence electrons. The molecule has 1 aromatic carbocycles. The first kappa shape index (κ1) is 12.2. The third kappa shape index (κ3) is 3.35. The number of hydrogen-bond acceptors (Lipinski definition) is 2. The summed E-state index contributed by atoms with van der Waals surface area (Å²) in [6.07, 6.45) is 3.77. The molecule has 18 heavy (non-hydrogen) atoms. The van der Waals surface area contributed by atoms with Crippen molar-refractivity contribution in [2.75, 3.05) is 0 Å². The van der Waals surface area contributed by atoms with Crippen molar-refractivity contribution in [1.82, 2.24) is 4.57 Å². The van der Waals surface area contributed by atoms with Gasteiger partial charge in [-0.3, -0.25) is 0 Å². The van der Waals surface area contributed by atoms with E-state index < -0.39 is 0 Å². The van der Waals surface area contributed by atoms with E-state index in [1.54, 1.807) is 0 Å². The normalized spacial score (nSPS) is 10.0. The lowest BCUT2D eigenvalue weighted by molar-refractivity contribution is -0.140. The molecular weight excluding hydrogens is 226 g/mol. The molecule has 3 heteroatoms. The molecule has 1 heterocycles. The smallest absolute Gasteiger partial charge is 0.335 e. The first-order valence-electron chi connectivity index (χ1n) is 5.75. The molecule has 0 saturated carbocycles. The largest absolute Gasteiger partial charge is 0.457 e. The molecule has 2 aromatic rings. The van der Waals surface area contributed by atoms with Gasteiger partial charge in [0, 0.05) is 18.0 Å². The molecule has 0 bridgehead atoms. The number of hydrogen-bond donors (Lipinski definition) is 0. The second-order valence-electron chi connectivity index (χ2n) is 4.02. The van der Waals surface area contributed by atoms with Gasteiger partial charge < -0.3 is 9.30 Å². The Bertz CT molecular complexity index is 515. The maximum atomic E-state index is 11.7. The van der Waals surface area contributed by atoms with Crippen LogP contribution in [-0.4, -0.2) is 10.5 Å². The van der Waals surface area contributed by atoms with E-state index in [1.165, 1.54) is 0 Å². The van der Waals surface area contributed by atoms with E-state index in [2.05, 4.69) is 6.58 Å². The topological polar surface area (TPSA) is 31.2 Å². The lowest BCUT2D eigenvalue weighted by Gasteiger charge is -2.08. The highest BCUT2D eigenvalue weighted by Crippen LogP contribution is 2.05. The van der Waals surface area contributed by atoms with Crippen LogP contribution >= 0.6 is 0 Å². The van der Waals surface area contributed by atoms with Gasteiger partial charge in [0.25, 0.3) is 0 Å². The highest BCUT2D eigenvalue weighted by molar-refractivity contribution is 5.87. The molecule has 0 N–H and O–H groups in total. The minimum Gasteiger partial charge on any atom is -0.457 e. The fraction of sp³-hybridized carbons (Fsp3) is 0.133. The molecule has 0 aliphatic rings. The Morgan fingerprint density at radius 2 is 1.78 bits per heavy atom. The van der Waals surface area contributed by atoms with Crippen molar-refractivity contribution in [2.45, 2.75) is 13.2 Å². The number of benzene rings is 1. The molecule has 0 saturated heterocycles. The maximum Gasteiger partial charge on any atom is 0.335 e. The third-order valence-corrected chi connectivity index (χ3v) is 2.54. The fourth-order valence-electron chi connectivity index (χ4n) is 1.59. The van der Waals surface area contributed by atoms with E-state index in [1.807, 2.05) is 59.4 Å². The zero-order valence-corrected chi connectivity index (χ0v) is 10.1. The average molecular weight is 241 g/mol. The van der Waals surface area contributed by atoms with Crippen molar-refractivity contribution < 1.29 is 9.53 Å². The van der Waals surface area contributed by atoms with Gasteiger partial charge >= 0.3 is 5.97 Å². The van der Waals surface area contributed by atoms with Gasteiger partial charge in [0.05, 0.1) is 6.54 Å². The predicted molar refractivity (Wildman–Crippen MR) is 69.8 cm³/mol. The summed E-state index contributed by atoms with van der Waals surface area (Å²) in [5.41, 5.74) is 1.42. The molecule has 0 atom stereocenters. The van der Waals surface area contributed by atoms with Crippen LogP contribution in [0.1, 0.15) is 5.56 Å². The molecule has 2 rings (SSSR count). The monoisotopic (exact) mass is 241 g/mol. The Morgan fingerprint density at radius 1 is 1.11 bits per heavy atom. The summed E-state index contributed by atoms with van der Waals surface area (Å²) in [6, 6.07) is 13.4. The van der Waals surface area contributed by atoms with Gasteiger partial charge in [-0.1, -0.05) is 36.9 Å². The Balaban J connectivity index is 1.83. The van der Waals surface area contributed by atoms with Gasteiger partial charge in [-0.05, 0) is 17.7 Å². The standard InChI is InChI=1S/C15H15NO2/c1-13(11-16-9-5-6-10-16)15(17)18-12-14-7-3-2-4-8-14/h2-10H,1,11-12H2. The Kier molecular flexibility index (Phi) is 3.97. The minimum absolute atomic E-state index is 0.282. The average Bonchev–Trinajstić information content (AvgIpc) is 2.90. The van der Waals surface area contributed by atoms with E-state index in [0.717, 1.165) is 5.56 Å². The summed E-state index contributed by atoms with van der Waals surface area (Å²) in [7, 11) is 0. The van der Waals surface area contributed by atoms with Crippen LogP contribution in [0.15, 0.2) is 67.0 Å². The summed E-state index contributed by atoms with van der Waals surface area (Å²) in [5, 5.41) is 0. The Morgan fingerprint density at radius 3 is 2.44 bits per heavy atom. The van der Waals surface area contributed by atoms with Gasteiger partial charge in [-0.25, -0.2) is 4.79 Å². The molecule has 0 radical (unpaired) electrons. The fourth-order valence-corrected chi connectivity index (χ4v) is 1.59. The molecule has 1 aromatic heterocycles. The zero-order valence-electron chi connectivity index (χ0n) is 10.1. The van der Waals surface area contributed by atoms with Crippen molar-refractivity contribution in [1.29, 1.82) is 0 Å². The van der Waals surface area contributed by atoms with E-state index in [9.17, 15) is 4.79 Å². The summed E-state index contributed by atoms with van der Waals surface area (Å²) >= 11 is 0. The predicted octanol–water partition coefficient (Wildman–Crippen LogP) is 2.79. The molecule has 0 amide bonds. The first-order valence-corrected chi connectivity index (χ1v) is 5.75. The van der Waals surface area contributed by atoms with Gasteiger partial charge in [-0.15, -0.1) is 0 Å². The number of esters is 1. The van der Waals surface area contributed by atoms with Crippen LogP contribution in [0.3, 0.4) is 0 Å². The van der Waals surface area contributed by atoms with Crippen LogP contribution in [0.4, 0.5) is 0 Å². The maximum absolute atomic E-state index is 11.7. The van der Waals surface area contributed by atoms with Crippen LogP contribution in [0.25, 0.3) is 0 Å². The molecule has 0 spiro atoms. The number of carbonyl (C=O) groups excluding carboxylic acids is 1. The van der Waals surface area contributed by atoms with Crippen LogP contribution in [0, 0.1) is 0 Å². The van der Waals surface area contributed by atoms with Crippen molar-refractivity contribution in [2.24, 2.45) is 0 Å². The number of nitrogens with zero attached hydrogens (tertiary/aromatic N) is 1.